The summed E-state index contributed by atoms with van der Waals surface area (Å²) in [5.74, 6) is 0.867. The van der Waals surface area contributed by atoms with Gasteiger partial charge in [0.2, 0.25) is 0 Å². The standard InChI is InChI=1S/C17H28N6OS.HI/c1-13-9-20-23(10-13)8-6-7-19-17(18-3)22(4)11-15-12-25-16(21-15)14(2)24-5;/h9-10,12,14H,6-8,11H2,1-5H3,(H,18,19);1H. The third-order valence-corrected chi connectivity index (χ3v) is 4.91. The summed E-state index contributed by atoms with van der Waals surface area (Å²) in [4.78, 5) is 11.1. The normalized spacial score (nSPS) is 12.6. The molecule has 0 bridgehead atoms. The summed E-state index contributed by atoms with van der Waals surface area (Å²) in [5.41, 5.74) is 2.22. The third kappa shape index (κ3) is 6.84. The van der Waals surface area contributed by atoms with Gasteiger partial charge in [0.1, 0.15) is 11.1 Å². The quantitative estimate of drug-likeness (QED) is 0.266. The monoisotopic (exact) mass is 492 g/mol. The molecule has 0 saturated carbocycles. The zero-order valence-electron chi connectivity index (χ0n) is 16.1. The van der Waals surface area contributed by atoms with Gasteiger partial charge in [0, 0.05) is 45.9 Å². The zero-order valence-corrected chi connectivity index (χ0v) is 19.2. The van der Waals surface area contributed by atoms with Crippen LogP contribution in [0.4, 0.5) is 0 Å². The van der Waals surface area contributed by atoms with E-state index < -0.39 is 0 Å². The number of aliphatic imine (C=N–C) groups is 1. The Hall–Kier alpha value is -1.20. The van der Waals surface area contributed by atoms with Gasteiger partial charge in [0.25, 0.3) is 0 Å². The molecule has 0 aliphatic rings. The average Bonchev–Trinajstić information content (AvgIpc) is 3.23. The van der Waals surface area contributed by atoms with Crippen molar-refractivity contribution in [2.24, 2.45) is 4.99 Å². The Balaban J connectivity index is 0.00000338. The molecule has 1 atom stereocenters. The number of aromatic nitrogens is 3. The van der Waals surface area contributed by atoms with E-state index in [-0.39, 0.29) is 30.1 Å². The van der Waals surface area contributed by atoms with E-state index in [1.807, 2.05) is 24.9 Å². The second-order valence-electron chi connectivity index (χ2n) is 6.02. The molecule has 2 heterocycles. The van der Waals surface area contributed by atoms with Crippen molar-refractivity contribution in [3.8, 4) is 0 Å². The summed E-state index contributed by atoms with van der Waals surface area (Å²) in [7, 11) is 5.52. The van der Waals surface area contributed by atoms with Gasteiger partial charge in [0.15, 0.2) is 5.96 Å². The largest absolute Gasteiger partial charge is 0.375 e. The summed E-state index contributed by atoms with van der Waals surface area (Å²) in [5, 5.41) is 10.8. The van der Waals surface area contributed by atoms with Gasteiger partial charge < -0.3 is 15.0 Å². The number of rotatable bonds is 8. The third-order valence-electron chi connectivity index (χ3n) is 3.85. The van der Waals surface area contributed by atoms with Gasteiger partial charge in [-0.25, -0.2) is 4.98 Å². The SMILES string of the molecule is CN=C(NCCCn1cc(C)cn1)N(C)Cc1csc(C(C)OC)n1.I. The summed E-state index contributed by atoms with van der Waals surface area (Å²) in [6.07, 6.45) is 4.96. The van der Waals surface area contributed by atoms with E-state index >= 15 is 0 Å². The predicted molar refractivity (Wildman–Crippen MR) is 117 cm³/mol. The Labute approximate surface area is 176 Å². The highest BCUT2D eigenvalue weighted by atomic mass is 127. The highest BCUT2D eigenvalue weighted by Gasteiger charge is 2.12. The maximum atomic E-state index is 5.32. The first kappa shape index (κ1) is 22.8. The van der Waals surface area contributed by atoms with Gasteiger partial charge >= 0.3 is 0 Å². The van der Waals surface area contributed by atoms with E-state index in [0.717, 1.165) is 36.2 Å². The molecule has 26 heavy (non-hydrogen) atoms. The van der Waals surface area contributed by atoms with Crippen molar-refractivity contribution < 1.29 is 4.74 Å². The second-order valence-corrected chi connectivity index (χ2v) is 6.91. The molecule has 0 spiro atoms. The molecule has 0 amide bonds. The highest BCUT2D eigenvalue weighted by Crippen LogP contribution is 2.20. The lowest BCUT2D eigenvalue weighted by molar-refractivity contribution is 0.119. The fourth-order valence-electron chi connectivity index (χ4n) is 2.42. The van der Waals surface area contributed by atoms with Gasteiger partial charge in [-0.1, -0.05) is 0 Å². The molecule has 0 fully saturated rings. The Morgan fingerprint density at radius 3 is 2.88 bits per heavy atom. The van der Waals surface area contributed by atoms with Crippen LogP contribution in [0.15, 0.2) is 22.8 Å². The number of ether oxygens (including phenoxy) is 1. The molecule has 146 valence electrons. The fourth-order valence-corrected chi connectivity index (χ4v) is 3.26. The summed E-state index contributed by atoms with van der Waals surface area (Å²) < 4.78 is 7.29. The minimum atomic E-state index is 0. The minimum absolute atomic E-state index is 0. The molecular formula is C17H29IN6OS. The van der Waals surface area contributed by atoms with Crippen LogP contribution in [0.2, 0.25) is 0 Å². The molecule has 2 aromatic rings. The van der Waals surface area contributed by atoms with Gasteiger partial charge in [-0.05, 0) is 25.8 Å². The van der Waals surface area contributed by atoms with Crippen LogP contribution >= 0.6 is 35.3 Å². The lowest BCUT2D eigenvalue weighted by Gasteiger charge is -2.21. The van der Waals surface area contributed by atoms with Crippen LogP contribution in [0.5, 0.6) is 0 Å². The molecule has 0 aliphatic carbocycles. The second kappa shape index (κ2) is 11.5. The highest BCUT2D eigenvalue weighted by molar-refractivity contribution is 14.0. The molecule has 9 heteroatoms. The number of hydrogen-bond donors (Lipinski definition) is 1. The maximum absolute atomic E-state index is 5.32. The van der Waals surface area contributed by atoms with E-state index in [2.05, 4.69) is 43.8 Å². The Morgan fingerprint density at radius 2 is 2.27 bits per heavy atom. The van der Waals surface area contributed by atoms with Crippen molar-refractivity contribution in [1.29, 1.82) is 0 Å². The number of methoxy groups -OCH3 is 1. The van der Waals surface area contributed by atoms with Crippen LogP contribution in [-0.2, 0) is 17.8 Å². The van der Waals surface area contributed by atoms with Crippen LogP contribution in [0, 0.1) is 6.92 Å². The Bertz CT molecular complexity index is 686. The summed E-state index contributed by atoms with van der Waals surface area (Å²) >= 11 is 1.63. The van der Waals surface area contributed by atoms with E-state index in [1.165, 1.54) is 5.56 Å². The van der Waals surface area contributed by atoms with Crippen molar-refractivity contribution in [2.75, 3.05) is 27.7 Å². The number of hydrogen-bond acceptors (Lipinski definition) is 5. The number of thiazole rings is 1. The first-order valence-electron chi connectivity index (χ1n) is 8.41. The van der Waals surface area contributed by atoms with E-state index in [0.29, 0.717) is 6.54 Å². The van der Waals surface area contributed by atoms with Crippen LogP contribution in [0.1, 0.15) is 35.7 Å². The van der Waals surface area contributed by atoms with E-state index in [9.17, 15) is 0 Å². The van der Waals surface area contributed by atoms with Gasteiger partial charge in [0.05, 0.1) is 18.4 Å². The van der Waals surface area contributed by atoms with Crippen LogP contribution in [0.3, 0.4) is 0 Å². The summed E-state index contributed by atoms with van der Waals surface area (Å²) in [6, 6.07) is 0. The van der Waals surface area contributed by atoms with Crippen molar-refractivity contribution in [2.45, 2.75) is 39.5 Å². The minimum Gasteiger partial charge on any atom is -0.375 e. The average molecular weight is 492 g/mol. The lowest BCUT2D eigenvalue weighted by atomic mass is 10.4. The smallest absolute Gasteiger partial charge is 0.193 e. The number of guanidine groups is 1. The molecule has 7 nitrogen and oxygen atoms in total. The first-order chi connectivity index (χ1) is 12.0. The Kier molecular flexibility index (Phi) is 10.1. The predicted octanol–water partition coefficient (Wildman–Crippen LogP) is 3.07. The van der Waals surface area contributed by atoms with Crippen LogP contribution < -0.4 is 5.32 Å². The van der Waals surface area contributed by atoms with E-state index in [1.54, 1.807) is 25.5 Å². The summed E-state index contributed by atoms with van der Waals surface area (Å²) in [6.45, 7) is 6.51. The van der Waals surface area contributed by atoms with Crippen molar-refractivity contribution >= 4 is 41.3 Å². The van der Waals surface area contributed by atoms with Gasteiger partial charge in [-0.2, -0.15) is 5.10 Å². The van der Waals surface area contributed by atoms with Crippen molar-refractivity contribution in [3.63, 3.8) is 0 Å². The maximum Gasteiger partial charge on any atom is 0.193 e. The molecule has 2 rings (SSSR count). The molecule has 1 unspecified atom stereocenters. The molecule has 2 aromatic heterocycles. The molecular weight excluding hydrogens is 463 g/mol. The Morgan fingerprint density at radius 1 is 1.50 bits per heavy atom. The fraction of sp³-hybridized carbons (Fsp3) is 0.588. The first-order valence-corrected chi connectivity index (χ1v) is 9.29. The lowest BCUT2D eigenvalue weighted by Crippen LogP contribution is -2.39. The van der Waals surface area contributed by atoms with Crippen molar-refractivity contribution in [3.05, 3.63) is 34.0 Å². The molecule has 0 saturated heterocycles. The van der Waals surface area contributed by atoms with Crippen LogP contribution in [-0.4, -0.2) is 53.4 Å². The molecule has 0 radical (unpaired) electrons. The number of nitrogens with zero attached hydrogens (tertiary/aromatic N) is 5. The van der Waals surface area contributed by atoms with Gasteiger partial charge in [-0.3, -0.25) is 9.67 Å². The van der Waals surface area contributed by atoms with Crippen molar-refractivity contribution in [1.82, 2.24) is 25.0 Å². The van der Waals surface area contributed by atoms with Crippen LogP contribution in [0.25, 0.3) is 0 Å². The number of nitrogens with one attached hydrogen (secondary N) is 1. The molecule has 0 aromatic carbocycles. The molecule has 1 N–H and O–H groups in total. The zero-order chi connectivity index (χ0) is 18.2. The topological polar surface area (TPSA) is 67.6 Å². The molecule has 0 aliphatic heterocycles. The number of halogens is 1. The van der Waals surface area contributed by atoms with Gasteiger partial charge in [-0.15, -0.1) is 35.3 Å². The van der Waals surface area contributed by atoms with E-state index in [4.69, 9.17) is 4.74 Å². The number of aryl methyl sites for hydroxylation is 2.